The van der Waals surface area contributed by atoms with Gasteiger partial charge < -0.3 is 18.8 Å². The van der Waals surface area contributed by atoms with Crippen LogP contribution in [0.3, 0.4) is 0 Å². The van der Waals surface area contributed by atoms with E-state index in [1.165, 1.54) is 18.3 Å². The predicted octanol–water partition coefficient (Wildman–Crippen LogP) is 5.79. The molecule has 0 fully saturated rings. The lowest BCUT2D eigenvalue weighted by molar-refractivity contribution is -0.137. The van der Waals surface area contributed by atoms with Crippen LogP contribution < -0.4 is 4.74 Å². The molecule has 7 nitrogen and oxygen atoms in total. The van der Waals surface area contributed by atoms with Crippen LogP contribution in [0.15, 0.2) is 35.1 Å². The van der Waals surface area contributed by atoms with Crippen molar-refractivity contribution in [1.82, 2.24) is 19.5 Å². The first kappa shape index (κ1) is 22.7. The molecule has 0 aliphatic heterocycles. The molecule has 4 aromatic rings. The van der Waals surface area contributed by atoms with Gasteiger partial charge >= 0.3 is 6.18 Å². The molecular weight excluding hydrogens is 496 g/mol. The minimum Gasteiger partial charge on any atom is -0.487 e. The van der Waals surface area contributed by atoms with E-state index in [9.17, 15) is 13.2 Å². The first-order valence-corrected chi connectivity index (χ1v) is 10.1. The van der Waals surface area contributed by atoms with Crippen LogP contribution in [-0.4, -0.2) is 37.3 Å². The van der Waals surface area contributed by atoms with Crippen molar-refractivity contribution in [2.45, 2.75) is 19.2 Å². The molecule has 1 aromatic carbocycles. The Balaban J connectivity index is 1.69. The van der Waals surface area contributed by atoms with E-state index in [0.717, 1.165) is 16.7 Å². The third-order valence-electron chi connectivity index (χ3n) is 4.33. The van der Waals surface area contributed by atoms with E-state index >= 15 is 0 Å². The van der Waals surface area contributed by atoms with Crippen LogP contribution in [0.1, 0.15) is 12.5 Å². The number of hydrogen-bond donors (Lipinski definition) is 1. The maximum Gasteiger partial charge on any atom is 0.417 e. The van der Waals surface area contributed by atoms with Crippen molar-refractivity contribution in [3.8, 4) is 28.7 Å². The Bertz CT molecular complexity index is 1310. The van der Waals surface area contributed by atoms with Crippen molar-refractivity contribution < 1.29 is 27.5 Å². The van der Waals surface area contributed by atoms with Crippen LogP contribution in [0.4, 0.5) is 13.2 Å². The van der Waals surface area contributed by atoms with Crippen molar-refractivity contribution in [3.63, 3.8) is 0 Å². The van der Waals surface area contributed by atoms with Crippen molar-refractivity contribution >= 4 is 40.4 Å². The van der Waals surface area contributed by atoms with E-state index in [1.807, 2.05) is 0 Å². The van der Waals surface area contributed by atoms with Gasteiger partial charge in [-0.25, -0.2) is 4.98 Å². The predicted molar refractivity (Wildman–Crippen MR) is 111 cm³/mol. The molecule has 0 bridgehead atoms. The number of aromatic nitrogens is 4. The second-order valence-electron chi connectivity index (χ2n) is 6.73. The molecule has 0 aliphatic carbocycles. The number of pyridine rings is 1. The fourth-order valence-electron chi connectivity index (χ4n) is 2.80. The number of nitrogens with zero attached hydrogens (tertiary/aromatic N) is 4. The zero-order valence-corrected chi connectivity index (χ0v) is 18.3. The fourth-order valence-corrected chi connectivity index (χ4v) is 3.50. The van der Waals surface area contributed by atoms with Gasteiger partial charge in [0.25, 0.3) is 5.89 Å². The molecule has 0 radical (unpaired) electrons. The van der Waals surface area contributed by atoms with Gasteiger partial charge in [-0.15, -0.1) is 0 Å². The number of aliphatic hydroxyl groups is 1. The summed E-state index contributed by atoms with van der Waals surface area (Å²) in [6.07, 6.45) is -2.92. The molecule has 0 saturated carbocycles. The highest BCUT2D eigenvalue weighted by molar-refractivity contribution is 6.36. The average molecular weight is 508 g/mol. The molecule has 3 heterocycles. The molecule has 1 unspecified atom stereocenters. The summed E-state index contributed by atoms with van der Waals surface area (Å²) in [5.41, 5.74) is -0.389. The van der Waals surface area contributed by atoms with Crippen LogP contribution in [0.5, 0.6) is 5.75 Å². The number of ether oxygens (including phenoxy) is 1. The Morgan fingerprint density at radius 3 is 2.53 bits per heavy atom. The van der Waals surface area contributed by atoms with Crippen molar-refractivity contribution in [2.24, 2.45) is 0 Å². The number of fused-ring (bicyclic) bond motifs is 1. The number of benzene rings is 1. The van der Waals surface area contributed by atoms with E-state index in [-0.39, 0.29) is 50.5 Å². The van der Waals surface area contributed by atoms with Crippen LogP contribution in [0, 0.1) is 0 Å². The first-order valence-electron chi connectivity index (χ1n) is 8.93. The standard InChI is InChI=1S/C19H12Cl3F3N4O3/c1-8(7-30)31-15-4-11(20)10(3-12(15)21)16-27-18(32-28-16)14-6-29-5-9(19(23,24)25)2-13(22)17(29)26-14/h2-6,8,30H,7H2,1H3. The minimum absolute atomic E-state index is 0.0604. The lowest BCUT2D eigenvalue weighted by atomic mass is 10.2. The molecule has 0 spiro atoms. The molecule has 13 heteroatoms. The largest absolute Gasteiger partial charge is 0.487 e. The van der Waals surface area contributed by atoms with Crippen LogP contribution in [0.2, 0.25) is 15.1 Å². The molecule has 1 atom stereocenters. The SMILES string of the molecule is CC(CO)Oc1cc(Cl)c(-c2noc(-c3cn4cc(C(F)(F)F)cc(Cl)c4n3)n2)cc1Cl. The van der Waals surface area contributed by atoms with E-state index < -0.39 is 17.8 Å². The van der Waals surface area contributed by atoms with Gasteiger partial charge in [0.2, 0.25) is 5.82 Å². The molecule has 4 rings (SSSR count). The zero-order chi connectivity index (χ0) is 23.2. The lowest BCUT2D eigenvalue weighted by Crippen LogP contribution is -2.16. The molecule has 168 valence electrons. The normalized spacial score (nSPS) is 13.0. The Hall–Kier alpha value is -2.53. The number of imidazole rings is 1. The second-order valence-corrected chi connectivity index (χ2v) is 7.95. The maximum absolute atomic E-state index is 13.0. The van der Waals surface area contributed by atoms with Gasteiger partial charge in [-0.1, -0.05) is 40.0 Å². The van der Waals surface area contributed by atoms with E-state index in [2.05, 4.69) is 15.1 Å². The maximum atomic E-state index is 13.0. The highest BCUT2D eigenvalue weighted by Crippen LogP contribution is 2.37. The topological polar surface area (TPSA) is 85.7 Å². The lowest BCUT2D eigenvalue weighted by Gasteiger charge is -2.14. The summed E-state index contributed by atoms with van der Waals surface area (Å²) < 4.78 is 50.9. The number of hydrogen-bond acceptors (Lipinski definition) is 6. The van der Waals surface area contributed by atoms with E-state index in [1.54, 1.807) is 6.92 Å². The minimum atomic E-state index is -4.57. The van der Waals surface area contributed by atoms with Gasteiger partial charge in [-0.05, 0) is 19.1 Å². The molecular formula is C19H12Cl3F3N4O3. The summed E-state index contributed by atoms with van der Waals surface area (Å²) in [5, 5.41) is 13.2. The number of aliphatic hydroxyl groups excluding tert-OH is 1. The van der Waals surface area contributed by atoms with Crippen LogP contribution >= 0.6 is 34.8 Å². The number of halogens is 6. The van der Waals surface area contributed by atoms with Crippen molar-refractivity contribution in [3.05, 3.63) is 51.2 Å². The fraction of sp³-hybridized carbons (Fsp3) is 0.211. The zero-order valence-electron chi connectivity index (χ0n) is 16.0. The molecule has 1 N–H and O–H groups in total. The van der Waals surface area contributed by atoms with Crippen LogP contribution in [-0.2, 0) is 6.18 Å². The summed E-state index contributed by atoms with van der Waals surface area (Å²) in [6, 6.07) is 3.70. The van der Waals surface area contributed by atoms with Gasteiger partial charge in [0, 0.05) is 24.0 Å². The number of rotatable bonds is 5. The Kier molecular flexibility index (Phi) is 5.97. The van der Waals surface area contributed by atoms with E-state index in [0.29, 0.717) is 5.56 Å². The Labute approximate surface area is 193 Å². The third kappa shape index (κ3) is 4.36. The Morgan fingerprint density at radius 1 is 1.09 bits per heavy atom. The van der Waals surface area contributed by atoms with Crippen molar-refractivity contribution in [2.75, 3.05) is 6.61 Å². The average Bonchev–Trinajstić information content (AvgIpc) is 3.37. The summed E-state index contributed by atoms with van der Waals surface area (Å²) >= 11 is 18.5. The second kappa shape index (κ2) is 8.43. The first-order chi connectivity index (χ1) is 15.1. The van der Waals surface area contributed by atoms with E-state index in [4.69, 9.17) is 49.2 Å². The van der Waals surface area contributed by atoms with Crippen molar-refractivity contribution in [1.29, 1.82) is 0 Å². The summed E-state index contributed by atoms with van der Waals surface area (Å²) in [6.45, 7) is 1.44. The van der Waals surface area contributed by atoms with Gasteiger partial charge in [0.1, 0.15) is 17.5 Å². The molecule has 0 amide bonds. The quantitative estimate of drug-likeness (QED) is 0.368. The third-order valence-corrected chi connectivity index (χ3v) is 5.21. The molecule has 32 heavy (non-hydrogen) atoms. The summed E-state index contributed by atoms with van der Waals surface area (Å²) in [4.78, 5) is 8.39. The highest BCUT2D eigenvalue weighted by atomic mass is 35.5. The highest BCUT2D eigenvalue weighted by Gasteiger charge is 2.32. The van der Waals surface area contributed by atoms with Crippen LogP contribution in [0.25, 0.3) is 28.6 Å². The number of alkyl halides is 3. The van der Waals surface area contributed by atoms with Gasteiger partial charge in [0.15, 0.2) is 5.65 Å². The van der Waals surface area contributed by atoms with Gasteiger partial charge in [-0.2, -0.15) is 18.2 Å². The summed E-state index contributed by atoms with van der Waals surface area (Å²) in [7, 11) is 0. The molecule has 0 aliphatic rings. The summed E-state index contributed by atoms with van der Waals surface area (Å²) in [5.74, 6) is 0.281. The smallest absolute Gasteiger partial charge is 0.417 e. The molecule has 3 aromatic heterocycles. The molecule has 0 saturated heterocycles. The van der Waals surface area contributed by atoms with Gasteiger partial charge in [-0.3, -0.25) is 0 Å². The monoisotopic (exact) mass is 506 g/mol. The van der Waals surface area contributed by atoms with Gasteiger partial charge in [0.05, 0.1) is 27.2 Å². The Morgan fingerprint density at radius 2 is 1.84 bits per heavy atom.